The van der Waals surface area contributed by atoms with Crippen LogP contribution in [-0.4, -0.2) is 53.3 Å². The second kappa shape index (κ2) is 10.9. The summed E-state index contributed by atoms with van der Waals surface area (Å²) in [5.74, 6) is 1.77. The molecule has 3 aliphatic rings. The zero-order valence-electron chi connectivity index (χ0n) is 22.3. The molecule has 0 radical (unpaired) electrons. The number of amides is 4. The van der Waals surface area contributed by atoms with Crippen LogP contribution in [0.3, 0.4) is 0 Å². The number of benzene rings is 2. The van der Waals surface area contributed by atoms with Gasteiger partial charge in [0.05, 0.1) is 23.9 Å². The third kappa shape index (κ3) is 5.39. The minimum absolute atomic E-state index is 0.115. The molecule has 2 atom stereocenters. The Balaban J connectivity index is 1.44. The van der Waals surface area contributed by atoms with Gasteiger partial charge in [0.2, 0.25) is 5.91 Å². The molecule has 2 aromatic carbocycles. The number of ether oxygens (including phenoxy) is 1. The number of para-hydroxylation sites is 1. The molecule has 2 aliphatic heterocycles. The molecule has 2 heterocycles. The van der Waals surface area contributed by atoms with E-state index in [9.17, 15) is 14.4 Å². The molecule has 0 saturated heterocycles. The predicted molar refractivity (Wildman–Crippen MR) is 144 cm³/mol. The summed E-state index contributed by atoms with van der Waals surface area (Å²) in [7, 11) is 0. The normalized spacial score (nSPS) is 19.9. The molecule has 5 rings (SSSR count). The molecule has 200 valence electrons. The highest BCUT2D eigenvalue weighted by Crippen LogP contribution is 2.39. The van der Waals surface area contributed by atoms with Gasteiger partial charge in [0, 0.05) is 13.1 Å². The lowest BCUT2D eigenvalue weighted by atomic mass is 9.95. The van der Waals surface area contributed by atoms with Crippen molar-refractivity contribution in [3.63, 3.8) is 0 Å². The van der Waals surface area contributed by atoms with E-state index in [0.717, 1.165) is 18.4 Å². The highest BCUT2D eigenvalue weighted by atomic mass is 16.5. The van der Waals surface area contributed by atoms with Gasteiger partial charge in [0.15, 0.2) is 0 Å². The van der Waals surface area contributed by atoms with Gasteiger partial charge in [-0.1, -0.05) is 44.2 Å². The Morgan fingerprint density at radius 1 is 1.08 bits per heavy atom. The molecule has 2 aromatic rings. The first-order valence-corrected chi connectivity index (χ1v) is 13.6. The molecule has 4 amide bonds. The first-order chi connectivity index (χ1) is 18.4. The van der Waals surface area contributed by atoms with Crippen LogP contribution in [0.4, 0.5) is 4.79 Å². The summed E-state index contributed by atoms with van der Waals surface area (Å²) >= 11 is 0. The molecule has 8 heteroatoms. The van der Waals surface area contributed by atoms with Crippen LogP contribution in [-0.2, 0) is 9.59 Å². The minimum Gasteiger partial charge on any atom is -0.457 e. The third-order valence-corrected chi connectivity index (χ3v) is 7.37. The van der Waals surface area contributed by atoms with Gasteiger partial charge >= 0.3 is 6.03 Å². The average Bonchev–Trinajstić information content (AvgIpc) is 3.68. The Morgan fingerprint density at radius 3 is 2.50 bits per heavy atom. The number of carbonyl (C=O) groups excluding carboxylic acids is 3. The lowest BCUT2D eigenvalue weighted by Crippen LogP contribution is -2.49. The Bertz CT molecular complexity index is 1240. The van der Waals surface area contributed by atoms with Crippen molar-refractivity contribution in [1.82, 2.24) is 20.4 Å². The van der Waals surface area contributed by atoms with E-state index in [1.807, 2.05) is 61.5 Å². The summed E-state index contributed by atoms with van der Waals surface area (Å²) in [6.07, 6.45) is 2.84. The van der Waals surface area contributed by atoms with E-state index in [1.54, 1.807) is 9.80 Å². The molecule has 0 aromatic heterocycles. The number of hydrogen-bond donors (Lipinski definition) is 2. The van der Waals surface area contributed by atoms with E-state index in [4.69, 9.17) is 4.74 Å². The summed E-state index contributed by atoms with van der Waals surface area (Å²) in [5, 5.41) is 6.10. The maximum absolute atomic E-state index is 14.0. The van der Waals surface area contributed by atoms with Gasteiger partial charge in [-0.25, -0.2) is 4.79 Å². The minimum atomic E-state index is -0.633. The van der Waals surface area contributed by atoms with Crippen LogP contribution in [0.5, 0.6) is 11.5 Å². The molecule has 0 spiro atoms. The van der Waals surface area contributed by atoms with E-state index in [0.29, 0.717) is 48.2 Å². The molecule has 0 bridgehead atoms. The standard InChI is InChI=1S/C30H36N4O4/c1-4-33-25-18-34(24(15-19(2)3)28(35)31-17-20-13-14-20)29(36)26(25)27(32-30(33)37)21-9-8-12-23(16-21)38-22-10-6-5-7-11-22/h5-12,16,19-20,24,27H,4,13-15,17-18H2,1-3H3,(H,31,35)(H,32,37). The van der Waals surface area contributed by atoms with Gasteiger partial charge in [-0.05, 0) is 67.9 Å². The molecular weight excluding hydrogens is 480 g/mol. The predicted octanol–water partition coefficient (Wildman–Crippen LogP) is 4.60. The van der Waals surface area contributed by atoms with Gasteiger partial charge in [0.25, 0.3) is 5.91 Å². The fraction of sp³-hybridized carbons (Fsp3) is 0.433. The Labute approximate surface area is 224 Å². The van der Waals surface area contributed by atoms with Crippen molar-refractivity contribution in [2.45, 2.75) is 52.1 Å². The first kappa shape index (κ1) is 25.8. The Morgan fingerprint density at radius 2 is 1.82 bits per heavy atom. The molecule has 1 aliphatic carbocycles. The number of likely N-dealkylation sites (N-methyl/N-ethyl adjacent to an activating group) is 1. The zero-order chi connectivity index (χ0) is 26.8. The largest absolute Gasteiger partial charge is 0.457 e. The van der Waals surface area contributed by atoms with Crippen molar-refractivity contribution in [3.8, 4) is 11.5 Å². The monoisotopic (exact) mass is 516 g/mol. The highest BCUT2D eigenvalue weighted by molar-refractivity contribution is 6.03. The zero-order valence-corrected chi connectivity index (χ0v) is 22.3. The molecule has 8 nitrogen and oxygen atoms in total. The fourth-order valence-corrected chi connectivity index (χ4v) is 5.24. The quantitative estimate of drug-likeness (QED) is 0.483. The van der Waals surface area contributed by atoms with Crippen LogP contribution >= 0.6 is 0 Å². The van der Waals surface area contributed by atoms with Crippen molar-refractivity contribution in [2.75, 3.05) is 19.6 Å². The van der Waals surface area contributed by atoms with Crippen LogP contribution in [0.2, 0.25) is 0 Å². The van der Waals surface area contributed by atoms with Crippen LogP contribution in [0.15, 0.2) is 65.9 Å². The number of nitrogens with one attached hydrogen (secondary N) is 2. The van der Waals surface area contributed by atoms with Crippen molar-refractivity contribution in [3.05, 3.63) is 71.4 Å². The second-order valence-corrected chi connectivity index (χ2v) is 10.7. The lowest BCUT2D eigenvalue weighted by molar-refractivity contribution is -0.137. The number of rotatable bonds is 10. The van der Waals surface area contributed by atoms with E-state index in [-0.39, 0.29) is 30.3 Å². The lowest BCUT2D eigenvalue weighted by Gasteiger charge is -2.33. The van der Waals surface area contributed by atoms with Crippen molar-refractivity contribution in [1.29, 1.82) is 0 Å². The van der Waals surface area contributed by atoms with Gasteiger partial charge in [-0.2, -0.15) is 0 Å². The van der Waals surface area contributed by atoms with E-state index < -0.39 is 12.1 Å². The van der Waals surface area contributed by atoms with Crippen LogP contribution in [0.25, 0.3) is 0 Å². The SMILES string of the molecule is CCN1C(=O)NC(c2cccc(Oc3ccccc3)c2)C2=C1CN(C(CC(C)C)C(=O)NCC1CC1)C2=O. The van der Waals surface area contributed by atoms with E-state index in [2.05, 4.69) is 24.5 Å². The number of urea groups is 1. The van der Waals surface area contributed by atoms with Crippen molar-refractivity contribution < 1.29 is 19.1 Å². The van der Waals surface area contributed by atoms with Crippen LogP contribution in [0.1, 0.15) is 51.6 Å². The fourth-order valence-electron chi connectivity index (χ4n) is 5.24. The first-order valence-electron chi connectivity index (χ1n) is 13.6. The van der Waals surface area contributed by atoms with Gasteiger partial charge in [-0.15, -0.1) is 0 Å². The van der Waals surface area contributed by atoms with Gasteiger partial charge in [0.1, 0.15) is 17.5 Å². The molecule has 1 fully saturated rings. The topological polar surface area (TPSA) is 91.0 Å². The maximum atomic E-state index is 14.0. The van der Waals surface area contributed by atoms with Crippen LogP contribution < -0.4 is 15.4 Å². The smallest absolute Gasteiger partial charge is 0.322 e. The Hall–Kier alpha value is -3.81. The average molecular weight is 517 g/mol. The van der Waals surface area contributed by atoms with E-state index in [1.165, 1.54) is 0 Å². The van der Waals surface area contributed by atoms with Crippen molar-refractivity contribution in [2.24, 2.45) is 11.8 Å². The molecular formula is C30H36N4O4. The molecule has 38 heavy (non-hydrogen) atoms. The summed E-state index contributed by atoms with van der Waals surface area (Å²) in [4.78, 5) is 43.7. The third-order valence-electron chi connectivity index (χ3n) is 7.37. The molecule has 1 saturated carbocycles. The van der Waals surface area contributed by atoms with Gasteiger partial charge < -0.3 is 20.3 Å². The summed E-state index contributed by atoms with van der Waals surface area (Å²) in [6, 6.07) is 15.4. The number of hydrogen-bond acceptors (Lipinski definition) is 4. The summed E-state index contributed by atoms with van der Waals surface area (Å²) in [5.41, 5.74) is 1.94. The highest BCUT2D eigenvalue weighted by Gasteiger charge is 2.47. The van der Waals surface area contributed by atoms with Gasteiger partial charge in [-0.3, -0.25) is 14.5 Å². The van der Waals surface area contributed by atoms with Crippen molar-refractivity contribution >= 4 is 17.8 Å². The summed E-state index contributed by atoms with van der Waals surface area (Å²) < 4.78 is 6.02. The number of nitrogens with zero attached hydrogens (tertiary/aromatic N) is 2. The van der Waals surface area contributed by atoms with Crippen LogP contribution in [0, 0.1) is 11.8 Å². The molecule has 2 N–H and O–H groups in total. The Kier molecular flexibility index (Phi) is 7.40. The maximum Gasteiger partial charge on any atom is 0.322 e. The second-order valence-electron chi connectivity index (χ2n) is 10.7. The summed E-state index contributed by atoms with van der Waals surface area (Å²) in [6.45, 7) is 7.32. The van der Waals surface area contributed by atoms with E-state index >= 15 is 0 Å². The molecule has 2 unspecified atom stereocenters. The number of carbonyl (C=O) groups is 3.